The Bertz CT molecular complexity index is 298. The van der Waals surface area contributed by atoms with Crippen molar-refractivity contribution < 1.29 is 19.4 Å². The van der Waals surface area contributed by atoms with Gasteiger partial charge in [0.1, 0.15) is 5.41 Å². The van der Waals surface area contributed by atoms with Crippen molar-refractivity contribution in [3.63, 3.8) is 0 Å². The van der Waals surface area contributed by atoms with E-state index >= 15 is 0 Å². The van der Waals surface area contributed by atoms with Gasteiger partial charge in [0.25, 0.3) is 0 Å². The van der Waals surface area contributed by atoms with E-state index in [4.69, 9.17) is 9.84 Å². The SMILES string of the molecule is CC1COCCN1C(=O)C1(C(=O)O)CC1. The lowest BCUT2D eigenvalue weighted by atomic mass is 10.0. The van der Waals surface area contributed by atoms with E-state index in [0.29, 0.717) is 32.6 Å². The lowest BCUT2D eigenvalue weighted by Crippen LogP contribution is -2.51. The molecule has 0 aromatic rings. The predicted molar refractivity (Wildman–Crippen MR) is 51.3 cm³/mol. The van der Waals surface area contributed by atoms with Crippen LogP contribution in [0.3, 0.4) is 0 Å². The minimum atomic E-state index is -1.11. The molecule has 2 fully saturated rings. The molecule has 5 nitrogen and oxygen atoms in total. The van der Waals surface area contributed by atoms with Crippen LogP contribution >= 0.6 is 0 Å². The van der Waals surface area contributed by atoms with Crippen molar-refractivity contribution in [2.75, 3.05) is 19.8 Å². The highest BCUT2D eigenvalue weighted by Gasteiger charge is 2.59. The molecule has 1 saturated carbocycles. The molecule has 5 heteroatoms. The highest BCUT2D eigenvalue weighted by atomic mass is 16.5. The van der Waals surface area contributed by atoms with E-state index in [0.717, 1.165) is 0 Å². The van der Waals surface area contributed by atoms with Crippen molar-refractivity contribution in [3.8, 4) is 0 Å². The van der Waals surface area contributed by atoms with Crippen LogP contribution in [0.5, 0.6) is 0 Å². The first kappa shape index (κ1) is 10.4. The van der Waals surface area contributed by atoms with Crippen LogP contribution in [0.15, 0.2) is 0 Å². The number of carboxylic acid groups (broad SMARTS) is 1. The van der Waals surface area contributed by atoms with Crippen LogP contribution < -0.4 is 0 Å². The molecule has 1 amide bonds. The number of ether oxygens (including phenoxy) is 1. The molecule has 0 spiro atoms. The largest absolute Gasteiger partial charge is 0.480 e. The van der Waals surface area contributed by atoms with E-state index in [-0.39, 0.29) is 11.9 Å². The second-order valence-corrected chi connectivity index (χ2v) is 4.31. The van der Waals surface area contributed by atoms with Gasteiger partial charge in [0.05, 0.1) is 19.3 Å². The summed E-state index contributed by atoms with van der Waals surface area (Å²) in [6, 6.07) is -0.0110. The number of carbonyl (C=O) groups excluding carboxylic acids is 1. The zero-order valence-electron chi connectivity index (χ0n) is 8.73. The number of carbonyl (C=O) groups is 2. The van der Waals surface area contributed by atoms with E-state index in [2.05, 4.69) is 0 Å². The molecule has 1 heterocycles. The molecule has 1 saturated heterocycles. The zero-order chi connectivity index (χ0) is 11.1. The number of morpholine rings is 1. The fraction of sp³-hybridized carbons (Fsp3) is 0.800. The smallest absolute Gasteiger partial charge is 0.319 e. The van der Waals surface area contributed by atoms with Gasteiger partial charge >= 0.3 is 5.97 Å². The van der Waals surface area contributed by atoms with Crippen molar-refractivity contribution >= 4 is 11.9 Å². The van der Waals surface area contributed by atoms with Gasteiger partial charge in [-0.05, 0) is 19.8 Å². The quantitative estimate of drug-likeness (QED) is 0.660. The summed E-state index contributed by atoms with van der Waals surface area (Å²) in [5.41, 5.74) is -1.11. The summed E-state index contributed by atoms with van der Waals surface area (Å²) in [4.78, 5) is 24.7. The van der Waals surface area contributed by atoms with Crippen molar-refractivity contribution in [2.45, 2.75) is 25.8 Å². The van der Waals surface area contributed by atoms with Gasteiger partial charge in [0.15, 0.2) is 0 Å². The molecule has 0 bridgehead atoms. The molecule has 15 heavy (non-hydrogen) atoms. The second-order valence-electron chi connectivity index (χ2n) is 4.31. The van der Waals surface area contributed by atoms with Crippen LogP contribution in [0.2, 0.25) is 0 Å². The molecule has 1 N–H and O–H groups in total. The number of nitrogens with zero attached hydrogens (tertiary/aromatic N) is 1. The maximum atomic E-state index is 12.0. The fourth-order valence-corrected chi connectivity index (χ4v) is 1.95. The second kappa shape index (κ2) is 3.48. The monoisotopic (exact) mass is 213 g/mol. The highest BCUT2D eigenvalue weighted by molar-refractivity contribution is 6.04. The zero-order valence-corrected chi connectivity index (χ0v) is 8.73. The Labute approximate surface area is 88.0 Å². The van der Waals surface area contributed by atoms with Gasteiger partial charge in [-0.15, -0.1) is 0 Å². The third-order valence-electron chi connectivity index (χ3n) is 3.20. The molecule has 0 aromatic carbocycles. The summed E-state index contributed by atoms with van der Waals surface area (Å²) in [6.45, 7) is 3.40. The number of carboxylic acids is 1. The normalized spacial score (nSPS) is 28.6. The molecule has 1 atom stereocenters. The van der Waals surface area contributed by atoms with Crippen molar-refractivity contribution in [2.24, 2.45) is 5.41 Å². The predicted octanol–water partition coefficient (Wildman–Crippen LogP) is 0.0985. The lowest BCUT2D eigenvalue weighted by molar-refractivity contribution is -0.157. The fourth-order valence-electron chi connectivity index (χ4n) is 1.95. The number of rotatable bonds is 2. The van der Waals surface area contributed by atoms with Crippen molar-refractivity contribution in [3.05, 3.63) is 0 Å². The molecule has 1 unspecified atom stereocenters. The molecular weight excluding hydrogens is 198 g/mol. The van der Waals surface area contributed by atoms with Crippen LogP contribution in [-0.2, 0) is 14.3 Å². The van der Waals surface area contributed by atoms with Crippen LogP contribution in [0.1, 0.15) is 19.8 Å². The molecule has 0 radical (unpaired) electrons. The Morgan fingerprint density at radius 2 is 2.13 bits per heavy atom. The van der Waals surface area contributed by atoms with E-state index in [1.165, 1.54) is 0 Å². The van der Waals surface area contributed by atoms with E-state index in [9.17, 15) is 9.59 Å². The van der Waals surface area contributed by atoms with Crippen LogP contribution in [0, 0.1) is 5.41 Å². The molecule has 0 aromatic heterocycles. The molecule has 2 rings (SSSR count). The third-order valence-corrected chi connectivity index (χ3v) is 3.20. The van der Waals surface area contributed by atoms with Gasteiger partial charge < -0.3 is 14.7 Å². The van der Waals surface area contributed by atoms with Gasteiger partial charge in [-0.3, -0.25) is 9.59 Å². The molecule has 1 aliphatic heterocycles. The van der Waals surface area contributed by atoms with Crippen molar-refractivity contribution in [1.29, 1.82) is 0 Å². The topological polar surface area (TPSA) is 66.8 Å². The maximum absolute atomic E-state index is 12.0. The average Bonchev–Trinajstić information content (AvgIpc) is 2.98. The first-order chi connectivity index (χ1) is 7.08. The Morgan fingerprint density at radius 3 is 2.60 bits per heavy atom. The first-order valence-electron chi connectivity index (χ1n) is 5.20. The van der Waals surface area contributed by atoms with Gasteiger partial charge in [0, 0.05) is 6.54 Å². The van der Waals surface area contributed by atoms with Gasteiger partial charge in [-0.25, -0.2) is 0 Å². The number of amides is 1. The van der Waals surface area contributed by atoms with Crippen LogP contribution in [0.25, 0.3) is 0 Å². The van der Waals surface area contributed by atoms with E-state index in [1.54, 1.807) is 4.90 Å². The lowest BCUT2D eigenvalue weighted by Gasteiger charge is -2.35. The summed E-state index contributed by atoms with van der Waals surface area (Å²) in [5, 5.41) is 9.01. The van der Waals surface area contributed by atoms with Crippen LogP contribution in [0.4, 0.5) is 0 Å². The van der Waals surface area contributed by atoms with Crippen LogP contribution in [-0.4, -0.2) is 47.7 Å². The molecule has 84 valence electrons. The minimum absolute atomic E-state index is 0.0110. The molecule has 2 aliphatic rings. The first-order valence-corrected chi connectivity index (χ1v) is 5.20. The number of hydrogen-bond donors (Lipinski definition) is 1. The highest BCUT2D eigenvalue weighted by Crippen LogP contribution is 2.47. The average molecular weight is 213 g/mol. The Morgan fingerprint density at radius 1 is 1.47 bits per heavy atom. The Kier molecular flexibility index (Phi) is 2.42. The summed E-state index contributed by atoms with van der Waals surface area (Å²) < 4.78 is 5.21. The van der Waals surface area contributed by atoms with Gasteiger partial charge in [-0.2, -0.15) is 0 Å². The Hall–Kier alpha value is -1.10. The maximum Gasteiger partial charge on any atom is 0.319 e. The standard InChI is InChI=1S/C10H15NO4/c1-7-6-15-5-4-11(7)8(12)10(2-3-10)9(13)14/h7H,2-6H2,1H3,(H,13,14). The van der Waals surface area contributed by atoms with E-state index in [1.807, 2.05) is 6.92 Å². The summed E-state index contributed by atoms with van der Waals surface area (Å²) >= 11 is 0. The van der Waals surface area contributed by atoms with Gasteiger partial charge in [0.2, 0.25) is 5.91 Å². The summed E-state index contributed by atoms with van der Waals surface area (Å²) in [5.74, 6) is -1.21. The van der Waals surface area contributed by atoms with Crippen molar-refractivity contribution in [1.82, 2.24) is 4.90 Å². The van der Waals surface area contributed by atoms with E-state index < -0.39 is 11.4 Å². The summed E-state index contributed by atoms with van der Waals surface area (Å²) in [6.07, 6.45) is 0.955. The Balaban J connectivity index is 2.10. The summed E-state index contributed by atoms with van der Waals surface area (Å²) in [7, 11) is 0. The molecular formula is C10H15NO4. The number of aliphatic carboxylic acids is 1. The third kappa shape index (κ3) is 1.61. The molecule has 1 aliphatic carbocycles. The minimum Gasteiger partial charge on any atom is -0.480 e. The van der Waals surface area contributed by atoms with Gasteiger partial charge in [-0.1, -0.05) is 0 Å². The number of hydrogen-bond acceptors (Lipinski definition) is 3.